The molecule has 1 aliphatic heterocycles. The van der Waals surface area contributed by atoms with E-state index in [-0.39, 0.29) is 6.10 Å². The topological polar surface area (TPSA) is 21.3 Å². The van der Waals surface area contributed by atoms with Crippen molar-refractivity contribution in [1.82, 2.24) is 0 Å². The average Bonchev–Trinajstić information content (AvgIpc) is 2.84. The SMILES string of the molecule is CCc1ccc2c(c1)NCC(c1cc(Br)cs1)O2. The van der Waals surface area contributed by atoms with Gasteiger partial charge < -0.3 is 10.1 Å². The molecular formula is C14H14BrNOS. The van der Waals surface area contributed by atoms with Gasteiger partial charge in [0.2, 0.25) is 0 Å². The molecule has 0 radical (unpaired) electrons. The fraction of sp³-hybridized carbons (Fsp3) is 0.286. The number of ether oxygens (including phenoxy) is 1. The minimum absolute atomic E-state index is 0.112. The molecule has 3 rings (SSSR count). The van der Waals surface area contributed by atoms with E-state index in [1.165, 1.54) is 10.4 Å². The van der Waals surface area contributed by atoms with Crippen LogP contribution in [0.2, 0.25) is 0 Å². The molecule has 1 aliphatic rings. The van der Waals surface area contributed by atoms with Crippen LogP contribution in [0.3, 0.4) is 0 Å². The van der Waals surface area contributed by atoms with E-state index in [1.54, 1.807) is 11.3 Å². The highest BCUT2D eigenvalue weighted by molar-refractivity contribution is 9.10. The number of benzene rings is 1. The zero-order valence-electron chi connectivity index (χ0n) is 10.1. The molecule has 2 aromatic rings. The second-order valence-electron chi connectivity index (χ2n) is 4.34. The van der Waals surface area contributed by atoms with Gasteiger partial charge in [0.1, 0.15) is 5.75 Å². The van der Waals surface area contributed by atoms with E-state index in [4.69, 9.17) is 4.74 Å². The van der Waals surface area contributed by atoms with Crippen molar-refractivity contribution in [2.24, 2.45) is 0 Å². The Hall–Kier alpha value is -1.000. The molecular weight excluding hydrogens is 310 g/mol. The number of hydrogen-bond donors (Lipinski definition) is 1. The predicted octanol–water partition coefficient (Wildman–Crippen LogP) is 4.62. The van der Waals surface area contributed by atoms with Crippen LogP contribution in [0.1, 0.15) is 23.5 Å². The molecule has 1 N–H and O–H groups in total. The first-order valence-electron chi connectivity index (χ1n) is 6.03. The third-order valence-electron chi connectivity index (χ3n) is 3.10. The number of rotatable bonds is 2. The summed E-state index contributed by atoms with van der Waals surface area (Å²) in [5, 5.41) is 5.55. The van der Waals surface area contributed by atoms with Gasteiger partial charge >= 0.3 is 0 Å². The maximum atomic E-state index is 6.06. The molecule has 0 amide bonds. The van der Waals surface area contributed by atoms with Crippen LogP contribution in [0.25, 0.3) is 0 Å². The average molecular weight is 324 g/mol. The molecule has 0 saturated carbocycles. The van der Waals surface area contributed by atoms with Crippen molar-refractivity contribution in [3.8, 4) is 5.75 Å². The lowest BCUT2D eigenvalue weighted by Gasteiger charge is -2.27. The molecule has 0 aliphatic carbocycles. The minimum atomic E-state index is 0.112. The van der Waals surface area contributed by atoms with Crippen molar-refractivity contribution < 1.29 is 4.74 Å². The van der Waals surface area contributed by atoms with Crippen LogP contribution in [0, 0.1) is 0 Å². The molecule has 2 heterocycles. The maximum Gasteiger partial charge on any atom is 0.150 e. The van der Waals surface area contributed by atoms with Gasteiger partial charge in [-0.25, -0.2) is 0 Å². The standard InChI is InChI=1S/C14H14BrNOS/c1-2-9-3-4-12-11(5-9)16-7-13(17-12)14-6-10(15)8-18-14/h3-6,8,13,16H,2,7H2,1H3. The fourth-order valence-corrected chi connectivity index (χ4v) is 3.56. The zero-order chi connectivity index (χ0) is 12.5. The van der Waals surface area contributed by atoms with Gasteiger partial charge in [0, 0.05) is 14.7 Å². The highest BCUT2D eigenvalue weighted by Gasteiger charge is 2.22. The first-order chi connectivity index (χ1) is 8.76. The summed E-state index contributed by atoms with van der Waals surface area (Å²) < 4.78 is 7.18. The maximum absolute atomic E-state index is 6.06. The van der Waals surface area contributed by atoms with Gasteiger partial charge in [0.25, 0.3) is 0 Å². The molecule has 4 heteroatoms. The van der Waals surface area contributed by atoms with Gasteiger partial charge in [0.05, 0.1) is 12.2 Å². The summed E-state index contributed by atoms with van der Waals surface area (Å²) in [6, 6.07) is 8.50. The normalized spacial score (nSPS) is 17.8. The molecule has 1 aromatic heterocycles. The van der Waals surface area contributed by atoms with E-state index in [0.29, 0.717) is 0 Å². The van der Waals surface area contributed by atoms with Crippen LogP contribution >= 0.6 is 27.3 Å². The molecule has 1 unspecified atom stereocenters. The zero-order valence-corrected chi connectivity index (χ0v) is 12.5. The number of thiophene rings is 1. The highest BCUT2D eigenvalue weighted by atomic mass is 79.9. The van der Waals surface area contributed by atoms with Crippen molar-refractivity contribution in [1.29, 1.82) is 0 Å². The van der Waals surface area contributed by atoms with Crippen molar-refractivity contribution in [3.05, 3.63) is 44.6 Å². The summed E-state index contributed by atoms with van der Waals surface area (Å²) in [5.74, 6) is 0.952. The molecule has 1 aromatic carbocycles. The van der Waals surface area contributed by atoms with Crippen LogP contribution in [-0.4, -0.2) is 6.54 Å². The largest absolute Gasteiger partial charge is 0.481 e. The Morgan fingerprint density at radius 3 is 3.06 bits per heavy atom. The Bertz CT molecular complexity index is 567. The van der Waals surface area contributed by atoms with Crippen molar-refractivity contribution in [2.75, 3.05) is 11.9 Å². The number of hydrogen-bond acceptors (Lipinski definition) is 3. The fourth-order valence-electron chi connectivity index (χ4n) is 2.09. The van der Waals surface area contributed by atoms with E-state index in [9.17, 15) is 0 Å². The number of fused-ring (bicyclic) bond motifs is 1. The third-order valence-corrected chi connectivity index (χ3v) is 4.89. The van der Waals surface area contributed by atoms with Gasteiger partial charge in [-0.2, -0.15) is 0 Å². The van der Waals surface area contributed by atoms with Gasteiger partial charge in [0.15, 0.2) is 6.10 Å². The minimum Gasteiger partial charge on any atom is -0.481 e. The van der Waals surface area contributed by atoms with Crippen molar-refractivity contribution in [3.63, 3.8) is 0 Å². The second kappa shape index (κ2) is 4.94. The number of nitrogens with one attached hydrogen (secondary N) is 1. The van der Waals surface area contributed by atoms with E-state index in [0.717, 1.165) is 28.9 Å². The van der Waals surface area contributed by atoms with Gasteiger partial charge in [-0.3, -0.25) is 0 Å². The predicted molar refractivity (Wildman–Crippen MR) is 79.7 cm³/mol. The summed E-state index contributed by atoms with van der Waals surface area (Å²) in [7, 11) is 0. The van der Waals surface area contributed by atoms with Crippen molar-refractivity contribution >= 4 is 33.0 Å². The summed E-state index contributed by atoms with van der Waals surface area (Å²) in [4.78, 5) is 1.25. The third kappa shape index (κ3) is 2.27. The van der Waals surface area contributed by atoms with E-state index < -0.39 is 0 Å². The molecule has 94 valence electrons. The lowest BCUT2D eigenvalue weighted by Crippen LogP contribution is -2.22. The van der Waals surface area contributed by atoms with Crippen LogP contribution in [0.4, 0.5) is 5.69 Å². The lowest BCUT2D eigenvalue weighted by molar-refractivity contribution is 0.214. The Morgan fingerprint density at radius 1 is 1.44 bits per heavy atom. The summed E-state index contributed by atoms with van der Waals surface area (Å²) in [6.45, 7) is 2.99. The molecule has 0 saturated heterocycles. The van der Waals surface area contributed by atoms with Gasteiger partial charge in [-0.15, -0.1) is 11.3 Å². The second-order valence-corrected chi connectivity index (χ2v) is 6.20. The van der Waals surface area contributed by atoms with Crippen LogP contribution in [0.15, 0.2) is 34.1 Å². The van der Waals surface area contributed by atoms with Gasteiger partial charge in [-0.1, -0.05) is 13.0 Å². The van der Waals surface area contributed by atoms with Crippen LogP contribution in [-0.2, 0) is 6.42 Å². The molecule has 0 bridgehead atoms. The summed E-state index contributed by atoms with van der Waals surface area (Å²) >= 11 is 5.21. The smallest absolute Gasteiger partial charge is 0.150 e. The number of halogens is 1. The highest BCUT2D eigenvalue weighted by Crippen LogP contribution is 2.37. The van der Waals surface area contributed by atoms with Gasteiger partial charge in [-0.05, 0) is 46.1 Å². The summed E-state index contributed by atoms with van der Waals surface area (Å²) in [5.41, 5.74) is 2.45. The summed E-state index contributed by atoms with van der Waals surface area (Å²) in [6.07, 6.45) is 1.16. The Morgan fingerprint density at radius 2 is 2.33 bits per heavy atom. The van der Waals surface area contributed by atoms with Crippen LogP contribution < -0.4 is 10.1 Å². The van der Waals surface area contributed by atoms with Crippen LogP contribution in [0.5, 0.6) is 5.75 Å². The molecule has 0 fully saturated rings. The quantitative estimate of drug-likeness (QED) is 0.870. The molecule has 1 atom stereocenters. The molecule has 18 heavy (non-hydrogen) atoms. The van der Waals surface area contributed by atoms with E-state index in [2.05, 4.69) is 57.8 Å². The monoisotopic (exact) mass is 323 g/mol. The van der Waals surface area contributed by atoms with E-state index in [1.807, 2.05) is 0 Å². The molecule has 0 spiro atoms. The number of anilines is 1. The Labute approximate surface area is 119 Å². The Balaban J connectivity index is 1.85. The first kappa shape index (κ1) is 12.1. The van der Waals surface area contributed by atoms with E-state index >= 15 is 0 Å². The Kier molecular flexibility index (Phi) is 3.31. The molecule has 2 nitrogen and oxygen atoms in total. The van der Waals surface area contributed by atoms with Crippen molar-refractivity contribution in [2.45, 2.75) is 19.4 Å². The first-order valence-corrected chi connectivity index (χ1v) is 7.71. The lowest BCUT2D eigenvalue weighted by atomic mass is 10.1. The number of aryl methyl sites for hydroxylation is 1.